The number of aromatic hydroxyl groups is 3. The van der Waals surface area contributed by atoms with Crippen molar-refractivity contribution in [3.05, 3.63) is 28.2 Å². The maximum Gasteiger partial charge on any atom is 0.259 e. The van der Waals surface area contributed by atoms with E-state index in [1.165, 1.54) is 10.6 Å². The number of nitrogens with zero attached hydrogens (tertiary/aromatic N) is 1. The summed E-state index contributed by atoms with van der Waals surface area (Å²) >= 11 is 0. The zero-order valence-electron chi connectivity index (χ0n) is 9.68. The molecule has 0 bridgehead atoms. The minimum absolute atomic E-state index is 0.0539. The second kappa shape index (κ2) is 3.66. The number of phenols is 2. The molecule has 5 heteroatoms. The molecule has 5 nitrogen and oxygen atoms in total. The molecule has 0 fully saturated rings. The van der Waals surface area contributed by atoms with Gasteiger partial charge in [-0.2, -0.15) is 0 Å². The number of benzene rings is 1. The van der Waals surface area contributed by atoms with E-state index in [2.05, 4.69) is 0 Å². The molecule has 0 unspecified atom stereocenters. The van der Waals surface area contributed by atoms with E-state index in [0.29, 0.717) is 18.7 Å². The minimum Gasteiger partial charge on any atom is -0.508 e. The van der Waals surface area contributed by atoms with Crippen LogP contribution in [0.15, 0.2) is 16.9 Å². The third-order valence-electron chi connectivity index (χ3n) is 3.46. The van der Waals surface area contributed by atoms with E-state index in [-0.39, 0.29) is 33.6 Å². The van der Waals surface area contributed by atoms with Gasteiger partial charge in [0, 0.05) is 12.6 Å². The lowest BCUT2D eigenvalue weighted by molar-refractivity contribution is 0.427. The molecule has 3 N–H and O–H groups in total. The molecular weight excluding hydrogens is 234 g/mol. The van der Waals surface area contributed by atoms with E-state index in [0.717, 1.165) is 18.9 Å². The molecule has 0 amide bonds. The molecule has 94 valence electrons. The highest BCUT2D eigenvalue weighted by Crippen LogP contribution is 2.37. The van der Waals surface area contributed by atoms with Gasteiger partial charge < -0.3 is 19.9 Å². The summed E-state index contributed by atoms with van der Waals surface area (Å²) in [5, 5.41) is 29.7. The van der Waals surface area contributed by atoms with Crippen LogP contribution in [0.4, 0.5) is 0 Å². The summed E-state index contributed by atoms with van der Waals surface area (Å²) in [4.78, 5) is 12.3. The Kier molecular flexibility index (Phi) is 2.23. The number of aromatic nitrogens is 1. The van der Waals surface area contributed by atoms with Crippen LogP contribution in [0.1, 0.15) is 18.5 Å². The number of rotatable bonds is 0. The number of hydrogen-bond acceptors (Lipinski definition) is 4. The molecule has 1 aliphatic rings. The second-order valence-corrected chi connectivity index (χ2v) is 4.60. The van der Waals surface area contributed by atoms with Crippen molar-refractivity contribution >= 4 is 10.8 Å². The van der Waals surface area contributed by atoms with Crippen LogP contribution in [-0.2, 0) is 13.0 Å². The number of hydrogen-bond donors (Lipinski definition) is 3. The van der Waals surface area contributed by atoms with Crippen LogP contribution in [0.2, 0.25) is 0 Å². The molecule has 0 saturated carbocycles. The molecular formula is C13H13NO4. The molecule has 18 heavy (non-hydrogen) atoms. The molecule has 0 spiro atoms. The standard InChI is InChI=1S/C13H13NO4/c15-7-5-8-11(10(16)6-7)12(17)9-3-1-2-4-14(9)13(8)18/h5-6,15-17H,1-4H2. The first kappa shape index (κ1) is 11.0. The van der Waals surface area contributed by atoms with Gasteiger partial charge in [-0.05, 0) is 25.3 Å². The molecule has 1 aromatic heterocycles. The highest BCUT2D eigenvalue weighted by Gasteiger charge is 2.21. The number of fused-ring (bicyclic) bond motifs is 2. The maximum atomic E-state index is 12.3. The molecule has 0 radical (unpaired) electrons. The van der Waals surface area contributed by atoms with E-state index in [4.69, 9.17) is 0 Å². The Morgan fingerprint density at radius 1 is 1.11 bits per heavy atom. The lowest BCUT2D eigenvalue weighted by Gasteiger charge is -2.21. The minimum atomic E-state index is -0.274. The van der Waals surface area contributed by atoms with Gasteiger partial charge in [-0.3, -0.25) is 4.79 Å². The quantitative estimate of drug-likeness (QED) is 0.658. The van der Waals surface area contributed by atoms with Crippen molar-refractivity contribution in [3.63, 3.8) is 0 Å². The Morgan fingerprint density at radius 2 is 1.89 bits per heavy atom. The van der Waals surface area contributed by atoms with Crippen LogP contribution in [0, 0.1) is 0 Å². The smallest absolute Gasteiger partial charge is 0.259 e. The average molecular weight is 247 g/mol. The van der Waals surface area contributed by atoms with Crippen molar-refractivity contribution in [3.8, 4) is 17.2 Å². The van der Waals surface area contributed by atoms with Gasteiger partial charge >= 0.3 is 0 Å². The third-order valence-corrected chi connectivity index (χ3v) is 3.46. The highest BCUT2D eigenvalue weighted by atomic mass is 16.3. The number of phenolic OH excluding ortho intramolecular Hbond substituents is 2. The van der Waals surface area contributed by atoms with E-state index in [1.807, 2.05) is 0 Å². The topological polar surface area (TPSA) is 82.7 Å². The Labute approximate surface area is 103 Å². The Balaban J connectivity index is 2.52. The normalized spacial score (nSPS) is 14.7. The molecule has 0 saturated heterocycles. The molecule has 2 aromatic rings. The molecule has 1 aliphatic heterocycles. The molecule has 0 aliphatic carbocycles. The zero-order valence-corrected chi connectivity index (χ0v) is 9.68. The van der Waals surface area contributed by atoms with E-state index in [9.17, 15) is 20.1 Å². The van der Waals surface area contributed by atoms with Crippen molar-refractivity contribution in [2.75, 3.05) is 0 Å². The summed E-state index contributed by atoms with van der Waals surface area (Å²) in [7, 11) is 0. The fourth-order valence-corrected chi connectivity index (χ4v) is 2.62. The Bertz CT molecular complexity index is 702. The first-order valence-corrected chi connectivity index (χ1v) is 5.90. The molecule has 0 atom stereocenters. The fraction of sp³-hybridized carbons (Fsp3) is 0.308. The highest BCUT2D eigenvalue weighted by molar-refractivity contribution is 5.94. The summed E-state index contributed by atoms with van der Waals surface area (Å²) < 4.78 is 1.53. The van der Waals surface area contributed by atoms with Crippen molar-refractivity contribution < 1.29 is 15.3 Å². The van der Waals surface area contributed by atoms with Crippen molar-refractivity contribution in [2.24, 2.45) is 0 Å². The SMILES string of the molecule is O=c1c2cc(O)cc(O)c2c(O)c2n1CCCC2. The molecule has 2 heterocycles. The zero-order chi connectivity index (χ0) is 12.9. The van der Waals surface area contributed by atoms with Gasteiger partial charge in [-0.25, -0.2) is 0 Å². The van der Waals surface area contributed by atoms with Crippen LogP contribution < -0.4 is 5.56 Å². The van der Waals surface area contributed by atoms with E-state index in [1.54, 1.807) is 0 Å². The molecule has 3 rings (SSSR count). The summed E-state index contributed by atoms with van der Waals surface area (Å²) in [6.45, 7) is 0.564. The Morgan fingerprint density at radius 3 is 2.67 bits per heavy atom. The number of pyridine rings is 1. The lowest BCUT2D eigenvalue weighted by atomic mass is 10.0. The predicted octanol–water partition coefficient (Wildman–Crippen LogP) is 1.45. The van der Waals surface area contributed by atoms with Gasteiger partial charge in [-0.15, -0.1) is 0 Å². The van der Waals surface area contributed by atoms with Crippen molar-refractivity contribution in [1.82, 2.24) is 4.57 Å². The molecule has 1 aromatic carbocycles. The monoisotopic (exact) mass is 247 g/mol. The van der Waals surface area contributed by atoms with Crippen LogP contribution in [0.5, 0.6) is 17.2 Å². The fourth-order valence-electron chi connectivity index (χ4n) is 2.62. The van der Waals surface area contributed by atoms with E-state index < -0.39 is 0 Å². The van der Waals surface area contributed by atoms with Gasteiger partial charge in [0.25, 0.3) is 5.56 Å². The Hall–Kier alpha value is -2.17. The lowest BCUT2D eigenvalue weighted by Crippen LogP contribution is -2.26. The summed E-state index contributed by atoms with van der Waals surface area (Å²) in [5.41, 5.74) is 0.295. The van der Waals surface area contributed by atoms with Gasteiger partial charge in [0.2, 0.25) is 0 Å². The van der Waals surface area contributed by atoms with Crippen LogP contribution in [0.25, 0.3) is 10.8 Å². The van der Waals surface area contributed by atoms with Gasteiger partial charge in [0.05, 0.1) is 16.5 Å². The van der Waals surface area contributed by atoms with Crippen molar-refractivity contribution in [1.29, 1.82) is 0 Å². The van der Waals surface area contributed by atoms with E-state index >= 15 is 0 Å². The first-order chi connectivity index (χ1) is 8.59. The second-order valence-electron chi connectivity index (χ2n) is 4.60. The summed E-state index contributed by atoms with van der Waals surface area (Å²) in [5.74, 6) is -0.511. The maximum absolute atomic E-state index is 12.3. The third kappa shape index (κ3) is 1.37. The van der Waals surface area contributed by atoms with Gasteiger partial charge in [-0.1, -0.05) is 0 Å². The van der Waals surface area contributed by atoms with Crippen LogP contribution >= 0.6 is 0 Å². The average Bonchev–Trinajstić information content (AvgIpc) is 2.35. The summed E-state index contributed by atoms with van der Waals surface area (Å²) in [6.07, 6.45) is 2.43. The summed E-state index contributed by atoms with van der Waals surface area (Å²) in [6, 6.07) is 2.40. The van der Waals surface area contributed by atoms with Gasteiger partial charge in [0.15, 0.2) is 0 Å². The van der Waals surface area contributed by atoms with Crippen LogP contribution in [-0.4, -0.2) is 19.9 Å². The van der Waals surface area contributed by atoms with Crippen molar-refractivity contribution in [2.45, 2.75) is 25.8 Å². The largest absolute Gasteiger partial charge is 0.508 e. The van der Waals surface area contributed by atoms with Crippen LogP contribution in [0.3, 0.4) is 0 Å². The predicted molar refractivity (Wildman–Crippen MR) is 66.1 cm³/mol. The first-order valence-electron chi connectivity index (χ1n) is 5.90. The van der Waals surface area contributed by atoms with Gasteiger partial charge in [0.1, 0.15) is 17.2 Å².